The van der Waals surface area contributed by atoms with Crippen molar-refractivity contribution in [2.45, 2.75) is 0 Å². The first kappa shape index (κ1) is 11.6. The van der Waals surface area contributed by atoms with E-state index < -0.39 is 0 Å². The van der Waals surface area contributed by atoms with Crippen LogP contribution in [0.4, 0.5) is 11.4 Å². The van der Waals surface area contributed by atoms with Gasteiger partial charge in [0.15, 0.2) is 0 Å². The van der Waals surface area contributed by atoms with Gasteiger partial charge in [0.05, 0.1) is 17.9 Å². The summed E-state index contributed by atoms with van der Waals surface area (Å²) in [6.45, 7) is -0.0529. The summed E-state index contributed by atoms with van der Waals surface area (Å²) in [6, 6.07) is 9.56. The molecular formula is C12H13N3OS. The number of benzene rings is 1. The van der Waals surface area contributed by atoms with Crippen molar-refractivity contribution < 1.29 is 4.79 Å². The number of rotatable bonds is 3. The number of hydrogen-bond acceptors (Lipinski definition) is 4. The molecule has 0 saturated heterocycles. The van der Waals surface area contributed by atoms with Crippen molar-refractivity contribution in [2.75, 3.05) is 17.6 Å². The molecule has 0 bridgehead atoms. The molecule has 0 saturated carbocycles. The number of nitrogens with two attached hydrogens (primary N) is 2. The van der Waals surface area contributed by atoms with Crippen molar-refractivity contribution in [2.24, 2.45) is 5.73 Å². The average molecular weight is 247 g/mol. The summed E-state index contributed by atoms with van der Waals surface area (Å²) in [6.07, 6.45) is 0. The first-order valence-electron chi connectivity index (χ1n) is 5.14. The van der Waals surface area contributed by atoms with Gasteiger partial charge in [-0.1, -0.05) is 12.1 Å². The smallest absolute Gasteiger partial charge is 0.238 e. The summed E-state index contributed by atoms with van der Waals surface area (Å²) >= 11 is 1.64. The molecule has 0 radical (unpaired) electrons. The van der Waals surface area contributed by atoms with E-state index in [9.17, 15) is 4.79 Å². The Labute approximate surface area is 103 Å². The van der Waals surface area contributed by atoms with Crippen molar-refractivity contribution in [1.82, 2.24) is 0 Å². The van der Waals surface area contributed by atoms with E-state index in [4.69, 9.17) is 11.5 Å². The minimum Gasteiger partial charge on any atom is -0.397 e. The van der Waals surface area contributed by atoms with Crippen molar-refractivity contribution in [3.05, 3.63) is 35.7 Å². The molecule has 17 heavy (non-hydrogen) atoms. The number of anilines is 2. The van der Waals surface area contributed by atoms with E-state index in [1.54, 1.807) is 17.4 Å². The van der Waals surface area contributed by atoms with Crippen LogP contribution in [-0.2, 0) is 4.79 Å². The molecule has 88 valence electrons. The fraction of sp³-hybridized carbons (Fsp3) is 0.0833. The summed E-state index contributed by atoms with van der Waals surface area (Å²) in [5.41, 5.74) is 13.2. The highest BCUT2D eigenvalue weighted by atomic mass is 32.1. The van der Waals surface area contributed by atoms with E-state index in [1.165, 1.54) is 0 Å². The molecule has 0 aliphatic rings. The molecule has 5 N–H and O–H groups in total. The van der Waals surface area contributed by atoms with Crippen LogP contribution >= 0.6 is 11.3 Å². The number of hydrogen-bond donors (Lipinski definition) is 3. The molecule has 1 heterocycles. The second-order valence-corrected chi connectivity index (χ2v) is 4.48. The van der Waals surface area contributed by atoms with Gasteiger partial charge in [-0.25, -0.2) is 0 Å². The van der Waals surface area contributed by atoms with Gasteiger partial charge in [0.1, 0.15) is 0 Å². The van der Waals surface area contributed by atoms with Crippen LogP contribution in [0.2, 0.25) is 0 Å². The molecule has 0 aliphatic heterocycles. The van der Waals surface area contributed by atoms with Crippen molar-refractivity contribution in [1.29, 1.82) is 0 Å². The van der Waals surface area contributed by atoms with Gasteiger partial charge >= 0.3 is 0 Å². The van der Waals surface area contributed by atoms with E-state index in [0.29, 0.717) is 11.4 Å². The highest BCUT2D eigenvalue weighted by molar-refractivity contribution is 7.13. The average Bonchev–Trinajstić information content (AvgIpc) is 2.85. The van der Waals surface area contributed by atoms with Gasteiger partial charge in [-0.2, -0.15) is 0 Å². The number of carbonyl (C=O) groups excluding carboxylic acids is 1. The molecular weight excluding hydrogens is 234 g/mol. The molecule has 4 nitrogen and oxygen atoms in total. The summed E-state index contributed by atoms with van der Waals surface area (Å²) in [5, 5.41) is 4.68. The number of nitrogen functional groups attached to an aromatic ring is 1. The topological polar surface area (TPSA) is 81.1 Å². The van der Waals surface area contributed by atoms with Crippen molar-refractivity contribution in [3.63, 3.8) is 0 Å². The van der Waals surface area contributed by atoms with E-state index >= 15 is 0 Å². The van der Waals surface area contributed by atoms with Crippen LogP contribution in [0.5, 0.6) is 0 Å². The molecule has 0 aliphatic carbocycles. The standard InChI is InChI=1S/C12H13N3OS/c13-7-12(16)15-10-6-8(3-4-9(10)14)11-2-1-5-17-11/h1-6H,7,13-14H2,(H,15,16). The summed E-state index contributed by atoms with van der Waals surface area (Å²) in [7, 11) is 0. The molecule has 1 amide bonds. The Kier molecular flexibility index (Phi) is 3.41. The summed E-state index contributed by atoms with van der Waals surface area (Å²) < 4.78 is 0. The highest BCUT2D eigenvalue weighted by Crippen LogP contribution is 2.29. The largest absolute Gasteiger partial charge is 0.397 e. The quantitative estimate of drug-likeness (QED) is 0.724. The number of amides is 1. The van der Waals surface area contributed by atoms with Gasteiger partial charge in [-0.15, -0.1) is 11.3 Å². The Hall–Kier alpha value is -1.85. The van der Waals surface area contributed by atoms with Crippen LogP contribution in [-0.4, -0.2) is 12.5 Å². The Morgan fingerprint density at radius 3 is 2.82 bits per heavy atom. The lowest BCUT2D eigenvalue weighted by molar-refractivity contribution is -0.114. The maximum atomic E-state index is 11.2. The SMILES string of the molecule is NCC(=O)Nc1cc(-c2cccs2)ccc1N. The van der Waals surface area contributed by atoms with Crippen LogP contribution in [0, 0.1) is 0 Å². The second kappa shape index (κ2) is 4.99. The molecule has 0 unspecified atom stereocenters. The third-order valence-corrected chi connectivity index (χ3v) is 3.24. The van der Waals surface area contributed by atoms with E-state index in [1.807, 2.05) is 29.6 Å². The second-order valence-electron chi connectivity index (χ2n) is 3.53. The maximum Gasteiger partial charge on any atom is 0.238 e. The van der Waals surface area contributed by atoms with Crippen LogP contribution in [0.1, 0.15) is 0 Å². The molecule has 5 heteroatoms. The van der Waals surface area contributed by atoms with Crippen molar-refractivity contribution in [3.8, 4) is 10.4 Å². The monoisotopic (exact) mass is 247 g/mol. The molecule has 1 aromatic heterocycles. The fourth-order valence-corrected chi connectivity index (χ4v) is 2.19. The van der Waals surface area contributed by atoms with Crippen LogP contribution in [0.15, 0.2) is 35.7 Å². The molecule has 2 aromatic rings. The zero-order valence-corrected chi connectivity index (χ0v) is 9.96. The third kappa shape index (κ3) is 2.64. The van der Waals surface area contributed by atoms with Gasteiger partial charge in [0, 0.05) is 4.88 Å². The molecule has 2 rings (SSSR count). The molecule has 0 spiro atoms. The van der Waals surface area contributed by atoms with E-state index in [-0.39, 0.29) is 12.5 Å². The van der Waals surface area contributed by atoms with Gasteiger partial charge in [0.25, 0.3) is 0 Å². The lowest BCUT2D eigenvalue weighted by atomic mass is 10.1. The number of thiophene rings is 1. The third-order valence-electron chi connectivity index (χ3n) is 2.32. The van der Waals surface area contributed by atoms with Gasteiger partial charge in [-0.05, 0) is 29.1 Å². The van der Waals surface area contributed by atoms with Crippen LogP contribution in [0.25, 0.3) is 10.4 Å². The minimum absolute atomic E-state index is 0.0529. The number of nitrogens with one attached hydrogen (secondary N) is 1. The predicted molar refractivity (Wildman–Crippen MR) is 71.9 cm³/mol. The Morgan fingerprint density at radius 1 is 1.35 bits per heavy atom. The highest BCUT2D eigenvalue weighted by Gasteiger charge is 2.06. The normalized spacial score (nSPS) is 10.2. The zero-order valence-electron chi connectivity index (χ0n) is 9.14. The fourth-order valence-electron chi connectivity index (χ4n) is 1.46. The lowest BCUT2D eigenvalue weighted by Crippen LogP contribution is -2.22. The lowest BCUT2D eigenvalue weighted by Gasteiger charge is -2.08. The Balaban J connectivity index is 2.33. The minimum atomic E-state index is -0.250. The molecule has 0 atom stereocenters. The van der Waals surface area contributed by atoms with E-state index in [2.05, 4.69) is 5.32 Å². The first-order valence-corrected chi connectivity index (χ1v) is 6.02. The van der Waals surface area contributed by atoms with Crippen LogP contribution in [0.3, 0.4) is 0 Å². The number of carbonyl (C=O) groups is 1. The summed E-state index contributed by atoms with van der Waals surface area (Å²) in [4.78, 5) is 12.4. The van der Waals surface area contributed by atoms with Gasteiger partial charge < -0.3 is 16.8 Å². The van der Waals surface area contributed by atoms with Gasteiger partial charge in [-0.3, -0.25) is 4.79 Å². The molecule has 1 aromatic carbocycles. The maximum absolute atomic E-state index is 11.2. The molecule has 0 fully saturated rings. The van der Waals surface area contributed by atoms with Crippen LogP contribution < -0.4 is 16.8 Å². The van der Waals surface area contributed by atoms with Gasteiger partial charge in [0.2, 0.25) is 5.91 Å². The Bertz CT molecular complexity index is 523. The summed E-state index contributed by atoms with van der Waals surface area (Å²) in [5.74, 6) is -0.250. The Morgan fingerprint density at radius 2 is 2.18 bits per heavy atom. The predicted octanol–water partition coefficient (Wildman–Crippen LogP) is 1.89. The first-order chi connectivity index (χ1) is 8.20. The van der Waals surface area contributed by atoms with Crippen molar-refractivity contribution >= 4 is 28.6 Å². The van der Waals surface area contributed by atoms with E-state index in [0.717, 1.165) is 10.4 Å². The zero-order chi connectivity index (χ0) is 12.3.